The molecule has 0 heterocycles. The Bertz CT molecular complexity index is 746. The number of anilines is 1. The molecule has 130 valence electrons. The molecule has 0 saturated heterocycles. The molecule has 4 nitrogen and oxygen atoms in total. The first-order valence-corrected chi connectivity index (χ1v) is 8.47. The SMILES string of the molecule is CCN(Cc1ccccc1)C(=O)C1CC1C(=O)Nc1ccc(F)cc1. The molecule has 3 rings (SSSR count). The van der Waals surface area contributed by atoms with Crippen molar-refractivity contribution in [1.82, 2.24) is 4.90 Å². The third-order valence-corrected chi connectivity index (χ3v) is 4.47. The second-order valence-corrected chi connectivity index (χ2v) is 6.28. The molecular formula is C20H21FN2O2. The van der Waals surface area contributed by atoms with Crippen molar-refractivity contribution < 1.29 is 14.0 Å². The molecule has 0 spiro atoms. The van der Waals surface area contributed by atoms with E-state index in [0.717, 1.165) is 5.56 Å². The maximum absolute atomic E-state index is 12.9. The van der Waals surface area contributed by atoms with Gasteiger partial charge in [-0.25, -0.2) is 4.39 Å². The standard InChI is InChI=1S/C20H21FN2O2/c1-2-23(13-14-6-4-3-5-7-14)20(25)18-12-17(18)19(24)22-16-10-8-15(21)9-11-16/h3-11,17-18H,2,12-13H2,1H3,(H,22,24). The number of carbonyl (C=O) groups excluding carboxylic acids is 2. The van der Waals surface area contributed by atoms with Gasteiger partial charge < -0.3 is 10.2 Å². The number of nitrogens with one attached hydrogen (secondary N) is 1. The third kappa shape index (κ3) is 4.24. The van der Waals surface area contributed by atoms with Crippen molar-refractivity contribution in [2.75, 3.05) is 11.9 Å². The van der Waals surface area contributed by atoms with E-state index < -0.39 is 0 Å². The molecule has 2 aromatic carbocycles. The zero-order valence-electron chi connectivity index (χ0n) is 14.1. The molecule has 0 radical (unpaired) electrons. The summed E-state index contributed by atoms with van der Waals surface area (Å²) in [5.74, 6) is -1.07. The maximum atomic E-state index is 12.9. The lowest BCUT2D eigenvalue weighted by Gasteiger charge is -2.21. The van der Waals surface area contributed by atoms with Gasteiger partial charge in [-0.05, 0) is 43.2 Å². The molecule has 1 fully saturated rings. The summed E-state index contributed by atoms with van der Waals surface area (Å²) in [6, 6.07) is 15.4. The number of nitrogens with zero attached hydrogens (tertiary/aromatic N) is 1. The number of benzene rings is 2. The first-order valence-electron chi connectivity index (χ1n) is 8.47. The lowest BCUT2D eigenvalue weighted by molar-refractivity contribution is -0.134. The number of amides is 2. The van der Waals surface area contributed by atoms with Gasteiger partial charge in [-0.15, -0.1) is 0 Å². The third-order valence-electron chi connectivity index (χ3n) is 4.47. The second-order valence-electron chi connectivity index (χ2n) is 6.28. The van der Waals surface area contributed by atoms with E-state index >= 15 is 0 Å². The van der Waals surface area contributed by atoms with Gasteiger partial charge in [0.25, 0.3) is 0 Å². The second kappa shape index (κ2) is 7.47. The van der Waals surface area contributed by atoms with Gasteiger partial charge in [-0.3, -0.25) is 9.59 Å². The van der Waals surface area contributed by atoms with Crippen LogP contribution in [-0.2, 0) is 16.1 Å². The van der Waals surface area contributed by atoms with Crippen molar-refractivity contribution in [2.24, 2.45) is 11.8 Å². The lowest BCUT2D eigenvalue weighted by Crippen LogP contribution is -2.33. The van der Waals surface area contributed by atoms with E-state index in [9.17, 15) is 14.0 Å². The smallest absolute Gasteiger partial charge is 0.228 e. The van der Waals surface area contributed by atoms with Gasteiger partial charge in [0.2, 0.25) is 11.8 Å². The van der Waals surface area contributed by atoms with Crippen molar-refractivity contribution >= 4 is 17.5 Å². The van der Waals surface area contributed by atoms with Crippen molar-refractivity contribution in [3.8, 4) is 0 Å². The van der Waals surface area contributed by atoms with Crippen LogP contribution in [0.15, 0.2) is 54.6 Å². The van der Waals surface area contributed by atoms with Crippen LogP contribution in [0.3, 0.4) is 0 Å². The normalized spacial score (nSPS) is 18.5. The number of halogens is 1. The monoisotopic (exact) mass is 340 g/mol. The van der Waals surface area contributed by atoms with Crippen LogP contribution in [0.2, 0.25) is 0 Å². The lowest BCUT2D eigenvalue weighted by atomic mass is 10.2. The zero-order valence-corrected chi connectivity index (χ0v) is 14.1. The van der Waals surface area contributed by atoms with Crippen molar-refractivity contribution in [1.29, 1.82) is 0 Å². The molecule has 1 aliphatic rings. The molecule has 1 aliphatic carbocycles. The number of hydrogen-bond acceptors (Lipinski definition) is 2. The van der Waals surface area contributed by atoms with Crippen LogP contribution < -0.4 is 5.32 Å². The largest absolute Gasteiger partial charge is 0.338 e. The number of carbonyl (C=O) groups is 2. The first-order chi connectivity index (χ1) is 12.1. The first kappa shape index (κ1) is 17.1. The van der Waals surface area contributed by atoms with Crippen LogP contribution in [0, 0.1) is 17.7 Å². The molecule has 1 saturated carbocycles. The van der Waals surface area contributed by atoms with E-state index in [1.54, 1.807) is 4.90 Å². The van der Waals surface area contributed by atoms with Gasteiger partial charge in [0.1, 0.15) is 5.82 Å². The topological polar surface area (TPSA) is 49.4 Å². The van der Waals surface area contributed by atoms with E-state index in [1.807, 2.05) is 37.3 Å². The highest BCUT2D eigenvalue weighted by molar-refractivity contribution is 5.99. The van der Waals surface area contributed by atoms with Gasteiger partial charge in [-0.1, -0.05) is 30.3 Å². The molecular weight excluding hydrogens is 319 g/mol. The zero-order chi connectivity index (χ0) is 17.8. The van der Waals surface area contributed by atoms with Gasteiger partial charge in [0, 0.05) is 18.8 Å². The van der Waals surface area contributed by atoms with Crippen LogP contribution in [0.1, 0.15) is 18.9 Å². The summed E-state index contributed by atoms with van der Waals surface area (Å²) in [4.78, 5) is 26.7. The summed E-state index contributed by atoms with van der Waals surface area (Å²) in [6.45, 7) is 3.10. The van der Waals surface area contributed by atoms with Crippen LogP contribution >= 0.6 is 0 Å². The summed E-state index contributed by atoms with van der Waals surface area (Å²) >= 11 is 0. The van der Waals surface area contributed by atoms with Gasteiger partial charge in [-0.2, -0.15) is 0 Å². The highest BCUT2D eigenvalue weighted by Crippen LogP contribution is 2.41. The van der Waals surface area contributed by atoms with Crippen LogP contribution in [0.25, 0.3) is 0 Å². The van der Waals surface area contributed by atoms with Gasteiger partial charge >= 0.3 is 0 Å². The molecule has 5 heteroatoms. The Morgan fingerprint density at radius 2 is 1.76 bits per heavy atom. The highest BCUT2D eigenvalue weighted by Gasteiger charge is 2.49. The Hall–Kier alpha value is -2.69. The maximum Gasteiger partial charge on any atom is 0.228 e. The van der Waals surface area contributed by atoms with Gasteiger partial charge in [0.15, 0.2) is 0 Å². The highest BCUT2D eigenvalue weighted by atomic mass is 19.1. The Balaban J connectivity index is 1.56. The molecule has 2 atom stereocenters. The Labute approximate surface area is 146 Å². The van der Waals surface area contributed by atoms with E-state index in [2.05, 4.69) is 5.32 Å². The summed E-state index contributed by atoms with van der Waals surface area (Å²) in [5.41, 5.74) is 1.62. The fourth-order valence-electron chi connectivity index (χ4n) is 2.91. The minimum absolute atomic E-state index is 0.0191. The van der Waals surface area contributed by atoms with Crippen LogP contribution in [0.5, 0.6) is 0 Å². The molecule has 0 aliphatic heterocycles. The van der Waals surface area contributed by atoms with E-state index in [0.29, 0.717) is 25.2 Å². The van der Waals surface area contributed by atoms with E-state index in [-0.39, 0.29) is 29.5 Å². The summed E-state index contributed by atoms with van der Waals surface area (Å²) < 4.78 is 12.9. The van der Waals surface area contributed by atoms with E-state index in [1.165, 1.54) is 24.3 Å². The summed E-state index contributed by atoms with van der Waals surface area (Å²) in [5, 5.41) is 2.75. The quantitative estimate of drug-likeness (QED) is 0.876. The number of hydrogen-bond donors (Lipinski definition) is 1. The Morgan fingerprint density at radius 1 is 1.08 bits per heavy atom. The molecule has 0 aromatic heterocycles. The molecule has 25 heavy (non-hydrogen) atoms. The van der Waals surface area contributed by atoms with Crippen LogP contribution in [-0.4, -0.2) is 23.3 Å². The fourth-order valence-corrected chi connectivity index (χ4v) is 2.91. The van der Waals surface area contributed by atoms with E-state index in [4.69, 9.17) is 0 Å². The summed E-state index contributed by atoms with van der Waals surface area (Å²) in [7, 11) is 0. The minimum Gasteiger partial charge on any atom is -0.338 e. The summed E-state index contributed by atoms with van der Waals surface area (Å²) in [6.07, 6.45) is 0.567. The fraction of sp³-hybridized carbons (Fsp3) is 0.300. The number of rotatable bonds is 6. The van der Waals surface area contributed by atoms with Crippen molar-refractivity contribution in [3.05, 3.63) is 66.0 Å². The predicted octanol–water partition coefficient (Wildman–Crippen LogP) is 3.45. The average molecular weight is 340 g/mol. The average Bonchev–Trinajstić information content (AvgIpc) is 3.43. The molecule has 0 bridgehead atoms. The molecule has 2 aromatic rings. The molecule has 1 N–H and O–H groups in total. The Kier molecular flexibility index (Phi) is 5.12. The molecule has 2 amide bonds. The van der Waals surface area contributed by atoms with Crippen molar-refractivity contribution in [3.63, 3.8) is 0 Å². The van der Waals surface area contributed by atoms with Crippen molar-refractivity contribution in [2.45, 2.75) is 19.9 Å². The molecule has 2 unspecified atom stereocenters. The Morgan fingerprint density at radius 3 is 2.40 bits per heavy atom. The van der Waals surface area contributed by atoms with Gasteiger partial charge in [0.05, 0.1) is 11.8 Å². The predicted molar refractivity (Wildman–Crippen MR) is 94.2 cm³/mol. The minimum atomic E-state index is -0.350. The van der Waals surface area contributed by atoms with Crippen LogP contribution in [0.4, 0.5) is 10.1 Å².